The third-order valence-electron chi connectivity index (χ3n) is 1.81. The second-order valence-corrected chi connectivity index (χ2v) is 2.55. The minimum atomic E-state index is -2.25. The average molecular weight is 130 g/mol. The molecule has 0 unspecified atom stereocenters. The SMILES string of the molecule is [2H]C([2H])([2H])N(C=O)CC1CCC1. The second-order valence-electron chi connectivity index (χ2n) is 2.55. The zero-order valence-corrected chi connectivity index (χ0v) is 5.34. The van der Waals surface area contributed by atoms with E-state index in [9.17, 15) is 4.79 Å². The summed E-state index contributed by atoms with van der Waals surface area (Å²) in [6, 6.07) is 0. The van der Waals surface area contributed by atoms with Crippen LogP contribution in [0.5, 0.6) is 0 Å². The molecular formula is C7H13NO. The lowest BCUT2D eigenvalue weighted by atomic mass is 9.85. The van der Waals surface area contributed by atoms with Gasteiger partial charge in [0.2, 0.25) is 6.41 Å². The number of carbonyl (C=O) groups excluding carboxylic acids is 1. The molecule has 0 N–H and O–H groups in total. The monoisotopic (exact) mass is 130 g/mol. The lowest BCUT2D eigenvalue weighted by Crippen LogP contribution is -2.28. The van der Waals surface area contributed by atoms with Gasteiger partial charge in [-0.3, -0.25) is 4.79 Å². The molecule has 0 atom stereocenters. The maximum Gasteiger partial charge on any atom is 0.209 e. The van der Waals surface area contributed by atoms with E-state index >= 15 is 0 Å². The van der Waals surface area contributed by atoms with E-state index in [-0.39, 0.29) is 0 Å². The normalized spacial score (nSPS) is 25.1. The van der Waals surface area contributed by atoms with E-state index in [4.69, 9.17) is 4.11 Å². The van der Waals surface area contributed by atoms with Crippen LogP contribution in [0.3, 0.4) is 0 Å². The molecule has 0 radical (unpaired) electrons. The van der Waals surface area contributed by atoms with E-state index in [2.05, 4.69) is 0 Å². The first kappa shape index (κ1) is 3.59. The number of carbonyl (C=O) groups is 1. The van der Waals surface area contributed by atoms with Crippen LogP contribution in [0, 0.1) is 5.92 Å². The van der Waals surface area contributed by atoms with Crippen molar-refractivity contribution < 1.29 is 8.91 Å². The molecule has 1 fully saturated rings. The average Bonchev–Trinajstić information content (AvgIpc) is 1.82. The second kappa shape index (κ2) is 2.85. The van der Waals surface area contributed by atoms with Crippen LogP contribution in [0.4, 0.5) is 0 Å². The van der Waals surface area contributed by atoms with Crippen molar-refractivity contribution in [3.63, 3.8) is 0 Å². The summed E-state index contributed by atoms with van der Waals surface area (Å²) in [6.07, 6.45) is 3.70. The van der Waals surface area contributed by atoms with E-state index in [1.54, 1.807) is 0 Å². The fraction of sp³-hybridized carbons (Fsp3) is 0.857. The molecule has 0 bridgehead atoms. The first-order valence-corrected chi connectivity index (χ1v) is 3.26. The Kier molecular flexibility index (Phi) is 1.14. The Balaban J connectivity index is 2.39. The summed E-state index contributed by atoms with van der Waals surface area (Å²) in [6.45, 7) is -1.86. The van der Waals surface area contributed by atoms with Gasteiger partial charge in [-0.25, -0.2) is 0 Å². The topological polar surface area (TPSA) is 20.3 Å². The van der Waals surface area contributed by atoms with E-state index in [1.807, 2.05) is 0 Å². The van der Waals surface area contributed by atoms with Gasteiger partial charge in [-0.15, -0.1) is 0 Å². The summed E-state index contributed by atoms with van der Waals surface area (Å²) in [5.74, 6) is 0.413. The highest BCUT2D eigenvalue weighted by atomic mass is 16.1. The van der Waals surface area contributed by atoms with E-state index in [0.29, 0.717) is 18.9 Å². The van der Waals surface area contributed by atoms with Crippen molar-refractivity contribution >= 4 is 6.41 Å². The summed E-state index contributed by atoms with van der Waals surface area (Å²) in [5.41, 5.74) is 0. The highest BCUT2D eigenvalue weighted by Crippen LogP contribution is 2.26. The largest absolute Gasteiger partial charge is 0.348 e. The van der Waals surface area contributed by atoms with Gasteiger partial charge in [0.05, 0.1) is 0 Å². The molecule has 0 aromatic rings. The standard InChI is InChI=1S/C7H13NO/c1-8(6-9)5-7-3-2-4-7/h6-7H,2-5H2,1H3/i1D3. The molecule has 52 valence electrons. The van der Waals surface area contributed by atoms with Crippen molar-refractivity contribution in [2.24, 2.45) is 5.92 Å². The molecule has 1 aliphatic carbocycles. The summed E-state index contributed by atoms with van der Waals surface area (Å²) >= 11 is 0. The molecular weight excluding hydrogens is 114 g/mol. The van der Waals surface area contributed by atoms with Gasteiger partial charge in [0, 0.05) is 17.6 Å². The molecule has 0 spiro atoms. The van der Waals surface area contributed by atoms with Crippen molar-refractivity contribution in [2.75, 3.05) is 13.5 Å². The number of hydrogen-bond acceptors (Lipinski definition) is 1. The first-order valence-electron chi connectivity index (χ1n) is 4.76. The Labute approximate surface area is 60.1 Å². The molecule has 0 aromatic heterocycles. The Morgan fingerprint density at radius 3 is 3.00 bits per heavy atom. The van der Waals surface area contributed by atoms with Gasteiger partial charge in [0.25, 0.3) is 0 Å². The van der Waals surface area contributed by atoms with Crippen molar-refractivity contribution in [3.8, 4) is 0 Å². The van der Waals surface area contributed by atoms with Crippen LogP contribution >= 0.6 is 0 Å². The molecule has 1 rings (SSSR count). The highest BCUT2D eigenvalue weighted by Gasteiger charge is 2.17. The highest BCUT2D eigenvalue weighted by molar-refractivity contribution is 5.46. The van der Waals surface area contributed by atoms with E-state index in [0.717, 1.165) is 17.7 Å². The summed E-state index contributed by atoms with van der Waals surface area (Å²) < 4.78 is 21.0. The molecule has 1 aliphatic rings. The van der Waals surface area contributed by atoms with Gasteiger partial charge in [0.15, 0.2) is 0 Å². The molecule has 0 aromatic carbocycles. The maximum atomic E-state index is 10.4. The summed E-state index contributed by atoms with van der Waals surface area (Å²) in [5, 5.41) is 0. The Morgan fingerprint density at radius 2 is 2.67 bits per heavy atom. The summed E-state index contributed by atoms with van der Waals surface area (Å²) in [7, 11) is 0. The quantitative estimate of drug-likeness (QED) is 0.519. The fourth-order valence-corrected chi connectivity index (χ4v) is 0.997. The van der Waals surface area contributed by atoms with E-state index in [1.165, 1.54) is 6.42 Å². The number of hydrogen-bond donors (Lipinski definition) is 0. The van der Waals surface area contributed by atoms with Gasteiger partial charge in [-0.1, -0.05) is 6.42 Å². The van der Waals surface area contributed by atoms with Crippen LogP contribution in [0.15, 0.2) is 0 Å². The van der Waals surface area contributed by atoms with Crippen LogP contribution in [0.1, 0.15) is 23.4 Å². The molecule has 2 nitrogen and oxygen atoms in total. The third kappa shape index (κ3) is 1.70. The van der Waals surface area contributed by atoms with Crippen molar-refractivity contribution in [1.82, 2.24) is 4.90 Å². The number of amides is 1. The van der Waals surface area contributed by atoms with Crippen molar-refractivity contribution in [2.45, 2.75) is 19.3 Å². The Hall–Kier alpha value is -0.530. The van der Waals surface area contributed by atoms with Crippen LogP contribution in [0.25, 0.3) is 0 Å². The van der Waals surface area contributed by atoms with Gasteiger partial charge < -0.3 is 4.90 Å². The predicted octanol–water partition coefficient (Wildman–Crippen LogP) is 0.875. The predicted molar refractivity (Wildman–Crippen MR) is 36.0 cm³/mol. The van der Waals surface area contributed by atoms with Crippen LogP contribution in [-0.2, 0) is 4.79 Å². The molecule has 0 aliphatic heterocycles. The van der Waals surface area contributed by atoms with Gasteiger partial charge in [-0.2, -0.15) is 0 Å². The molecule has 0 saturated heterocycles. The van der Waals surface area contributed by atoms with Crippen LogP contribution in [0.2, 0.25) is 0 Å². The zero-order valence-electron chi connectivity index (χ0n) is 8.34. The smallest absolute Gasteiger partial charge is 0.209 e. The molecule has 1 amide bonds. The van der Waals surface area contributed by atoms with Crippen LogP contribution in [-0.4, -0.2) is 24.8 Å². The Morgan fingerprint density at radius 1 is 1.89 bits per heavy atom. The van der Waals surface area contributed by atoms with Gasteiger partial charge >= 0.3 is 0 Å². The zero-order chi connectivity index (χ0) is 9.19. The molecule has 9 heavy (non-hydrogen) atoms. The van der Waals surface area contributed by atoms with Gasteiger partial charge in [0.1, 0.15) is 0 Å². The maximum absolute atomic E-state index is 10.4. The summed E-state index contributed by atoms with van der Waals surface area (Å²) in [4.78, 5) is 11.3. The third-order valence-corrected chi connectivity index (χ3v) is 1.81. The lowest BCUT2D eigenvalue weighted by Gasteiger charge is -2.27. The van der Waals surface area contributed by atoms with Crippen molar-refractivity contribution in [3.05, 3.63) is 0 Å². The molecule has 1 saturated carbocycles. The first-order chi connectivity index (χ1) is 5.54. The lowest BCUT2D eigenvalue weighted by molar-refractivity contribution is -0.117. The Bertz CT molecular complexity index is 165. The van der Waals surface area contributed by atoms with Crippen LogP contribution < -0.4 is 0 Å². The minimum Gasteiger partial charge on any atom is -0.348 e. The minimum absolute atomic E-state index is 0.389. The number of nitrogens with zero attached hydrogens (tertiary/aromatic N) is 1. The van der Waals surface area contributed by atoms with Crippen molar-refractivity contribution in [1.29, 1.82) is 0 Å². The molecule has 2 heteroatoms. The molecule has 0 heterocycles. The number of rotatable bonds is 3. The van der Waals surface area contributed by atoms with E-state index < -0.39 is 6.98 Å². The fourth-order valence-electron chi connectivity index (χ4n) is 0.997. The van der Waals surface area contributed by atoms with Gasteiger partial charge in [-0.05, 0) is 18.8 Å².